The van der Waals surface area contributed by atoms with Gasteiger partial charge >= 0.3 is 0 Å². The van der Waals surface area contributed by atoms with Crippen LogP contribution in [0.25, 0.3) is 0 Å². The van der Waals surface area contributed by atoms with Gasteiger partial charge in [-0.05, 0) is 31.2 Å². The highest BCUT2D eigenvalue weighted by molar-refractivity contribution is 5.80. The average Bonchev–Trinajstić information content (AvgIpc) is 2.59. The standard InChI is InChI=1S/C15H29N3O/c1-15(2)6-3-5-13(15)14(19)18-9-4-8-17(10-7-16)11-12-18/h13H,3-12,16H2,1-2H3. The summed E-state index contributed by atoms with van der Waals surface area (Å²) in [5.74, 6) is 0.644. The molecule has 4 nitrogen and oxygen atoms in total. The second kappa shape index (κ2) is 6.23. The maximum atomic E-state index is 12.7. The van der Waals surface area contributed by atoms with Crippen LogP contribution in [0.1, 0.15) is 39.5 Å². The smallest absolute Gasteiger partial charge is 0.226 e. The van der Waals surface area contributed by atoms with Crippen molar-refractivity contribution in [3.05, 3.63) is 0 Å². The summed E-state index contributed by atoms with van der Waals surface area (Å²) in [6, 6.07) is 0. The molecule has 4 heteroatoms. The molecule has 2 N–H and O–H groups in total. The number of nitrogens with two attached hydrogens (primary N) is 1. The van der Waals surface area contributed by atoms with E-state index in [1.807, 2.05) is 0 Å². The third kappa shape index (κ3) is 3.48. The van der Waals surface area contributed by atoms with Crippen LogP contribution in [0.4, 0.5) is 0 Å². The van der Waals surface area contributed by atoms with E-state index in [1.165, 1.54) is 12.8 Å². The molecule has 1 aliphatic heterocycles. The lowest BCUT2D eigenvalue weighted by molar-refractivity contribution is -0.138. The fourth-order valence-electron chi connectivity index (χ4n) is 3.60. The van der Waals surface area contributed by atoms with Crippen LogP contribution in [0, 0.1) is 11.3 Å². The highest BCUT2D eigenvalue weighted by Gasteiger charge is 2.41. The molecule has 0 bridgehead atoms. The zero-order valence-corrected chi connectivity index (χ0v) is 12.5. The molecule has 1 atom stereocenters. The van der Waals surface area contributed by atoms with E-state index in [0.717, 1.165) is 45.6 Å². The number of carbonyl (C=O) groups is 1. The minimum Gasteiger partial charge on any atom is -0.341 e. The summed E-state index contributed by atoms with van der Waals surface area (Å²) in [5.41, 5.74) is 5.81. The van der Waals surface area contributed by atoms with Crippen molar-refractivity contribution in [2.45, 2.75) is 39.5 Å². The Morgan fingerprint density at radius 2 is 2.00 bits per heavy atom. The van der Waals surface area contributed by atoms with E-state index in [4.69, 9.17) is 5.73 Å². The Hall–Kier alpha value is -0.610. The Morgan fingerprint density at radius 3 is 2.63 bits per heavy atom. The van der Waals surface area contributed by atoms with Crippen molar-refractivity contribution in [3.8, 4) is 0 Å². The average molecular weight is 267 g/mol. The molecular formula is C15H29N3O. The molecule has 1 saturated heterocycles. The number of hydrogen-bond donors (Lipinski definition) is 1. The monoisotopic (exact) mass is 267 g/mol. The first-order valence-electron chi connectivity index (χ1n) is 7.76. The Bertz CT molecular complexity index is 317. The molecule has 1 heterocycles. The minimum absolute atomic E-state index is 0.195. The SMILES string of the molecule is CC1(C)CCCC1C(=O)N1CCCN(CCN)CC1. The third-order valence-electron chi connectivity index (χ3n) is 4.90. The Labute approximate surface area is 117 Å². The number of rotatable bonds is 3. The zero-order valence-electron chi connectivity index (χ0n) is 12.5. The number of nitrogens with zero attached hydrogens (tertiary/aromatic N) is 2. The normalized spacial score (nSPS) is 28.4. The van der Waals surface area contributed by atoms with E-state index in [0.29, 0.717) is 12.5 Å². The van der Waals surface area contributed by atoms with Gasteiger partial charge in [0.1, 0.15) is 0 Å². The lowest BCUT2D eigenvalue weighted by Gasteiger charge is -2.31. The molecule has 0 radical (unpaired) electrons. The van der Waals surface area contributed by atoms with Crippen LogP contribution in [-0.4, -0.2) is 55.0 Å². The molecule has 1 unspecified atom stereocenters. The van der Waals surface area contributed by atoms with Gasteiger partial charge in [-0.1, -0.05) is 20.3 Å². The van der Waals surface area contributed by atoms with Crippen molar-refractivity contribution in [1.82, 2.24) is 9.80 Å². The predicted octanol–water partition coefficient (Wildman–Crippen LogP) is 1.31. The van der Waals surface area contributed by atoms with Gasteiger partial charge in [-0.15, -0.1) is 0 Å². The Kier molecular flexibility index (Phi) is 4.85. The Morgan fingerprint density at radius 1 is 1.21 bits per heavy atom. The summed E-state index contributed by atoms with van der Waals surface area (Å²) in [5, 5.41) is 0. The van der Waals surface area contributed by atoms with Crippen LogP contribution in [0.15, 0.2) is 0 Å². The molecule has 110 valence electrons. The van der Waals surface area contributed by atoms with Crippen molar-refractivity contribution in [3.63, 3.8) is 0 Å². The summed E-state index contributed by atoms with van der Waals surface area (Å²) in [7, 11) is 0. The van der Waals surface area contributed by atoms with Gasteiger partial charge in [0.05, 0.1) is 0 Å². The molecule has 0 aromatic heterocycles. The second-order valence-corrected chi connectivity index (χ2v) is 6.74. The fourth-order valence-corrected chi connectivity index (χ4v) is 3.60. The molecule has 2 fully saturated rings. The van der Waals surface area contributed by atoms with Gasteiger partial charge in [0.15, 0.2) is 0 Å². The van der Waals surface area contributed by atoms with Gasteiger partial charge in [0.25, 0.3) is 0 Å². The summed E-state index contributed by atoms with van der Waals surface area (Å²) < 4.78 is 0. The zero-order chi connectivity index (χ0) is 13.9. The van der Waals surface area contributed by atoms with Crippen molar-refractivity contribution in [2.75, 3.05) is 39.3 Å². The maximum Gasteiger partial charge on any atom is 0.226 e. The first kappa shape index (κ1) is 14.8. The third-order valence-corrected chi connectivity index (χ3v) is 4.90. The maximum absolute atomic E-state index is 12.7. The van der Waals surface area contributed by atoms with Crippen LogP contribution in [-0.2, 0) is 4.79 Å². The molecule has 2 rings (SSSR count). The molecule has 0 spiro atoms. The molecule has 1 aliphatic carbocycles. The van der Waals surface area contributed by atoms with E-state index >= 15 is 0 Å². The second-order valence-electron chi connectivity index (χ2n) is 6.74. The lowest BCUT2D eigenvalue weighted by atomic mass is 9.81. The summed E-state index contributed by atoms with van der Waals surface area (Å²) >= 11 is 0. The van der Waals surface area contributed by atoms with E-state index in [1.54, 1.807) is 0 Å². The fraction of sp³-hybridized carbons (Fsp3) is 0.933. The summed E-state index contributed by atoms with van der Waals surface area (Å²) in [4.78, 5) is 17.2. The number of carbonyl (C=O) groups excluding carboxylic acids is 1. The molecule has 2 aliphatic rings. The van der Waals surface area contributed by atoms with Crippen molar-refractivity contribution >= 4 is 5.91 Å². The van der Waals surface area contributed by atoms with Crippen LogP contribution in [0.3, 0.4) is 0 Å². The molecule has 1 saturated carbocycles. The molecule has 19 heavy (non-hydrogen) atoms. The van der Waals surface area contributed by atoms with Gasteiger partial charge < -0.3 is 15.5 Å². The van der Waals surface area contributed by atoms with E-state index in [2.05, 4.69) is 23.6 Å². The van der Waals surface area contributed by atoms with Crippen molar-refractivity contribution < 1.29 is 4.79 Å². The molecule has 0 aromatic carbocycles. The predicted molar refractivity (Wildman–Crippen MR) is 77.8 cm³/mol. The first-order valence-corrected chi connectivity index (χ1v) is 7.76. The van der Waals surface area contributed by atoms with E-state index in [9.17, 15) is 4.79 Å². The largest absolute Gasteiger partial charge is 0.341 e. The van der Waals surface area contributed by atoms with Crippen LogP contribution in [0.2, 0.25) is 0 Å². The molecular weight excluding hydrogens is 238 g/mol. The van der Waals surface area contributed by atoms with Gasteiger partial charge in [0, 0.05) is 38.6 Å². The molecule has 1 amide bonds. The van der Waals surface area contributed by atoms with Gasteiger partial charge in [-0.25, -0.2) is 0 Å². The highest BCUT2D eigenvalue weighted by Crippen LogP contribution is 2.43. The summed E-state index contributed by atoms with van der Waals surface area (Å²) in [6.07, 6.45) is 4.56. The lowest BCUT2D eigenvalue weighted by Crippen LogP contribution is -2.42. The van der Waals surface area contributed by atoms with E-state index in [-0.39, 0.29) is 11.3 Å². The van der Waals surface area contributed by atoms with Crippen LogP contribution >= 0.6 is 0 Å². The van der Waals surface area contributed by atoms with E-state index < -0.39 is 0 Å². The number of amides is 1. The van der Waals surface area contributed by atoms with Gasteiger partial charge in [0.2, 0.25) is 5.91 Å². The van der Waals surface area contributed by atoms with Crippen molar-refractivity contribution in [1.29, 1.82) is 0 Å². The minimum atomic E-state index is 0.195. The van der Waals surface area contributed by atoms with Crippen molar-refractivity contribution in [2.24, 2.45) is 17.1 Å². The van der Waals surface area contributed by atoms with Gasteiger partial charge in [-0.3, -0.25) is 4.79 Å². The number of hydrogen-bond acceptors (Lipinski definition) is 3. The topological polar surface area (TPSA) is 49.6 Å². The van der Waals surface area contributed by atoms with Crippen LogP contribution < -0.4 is 5.73 Å². The first-order chi connectivity index (χ1) is 9.04. The van der Waals surface area contributed by atoms with Crippen LogP contribution in [0.5, 0.6) is 0 Å². The quantitative estimate of drug-likeness (QED) is 0.838. The highest BCUT2D eigenvalue weighted by atomic mass is 16.2. The summed E-state index contributed by atoms with van der Waals surface area (Å²) in [6.45, 7) is 10.0. The molecule has 0 aromatic rings. The Balaban J connectivity index is 1.93. The van der Waals surface area contributed by atoms with Gasteiger partial charge in [-0.2, -0.15) is 0 Å².